The van der Waals surface area contributed by atoms with Gasteiger partial charge in [-0.15, -0.1) is 11.3 Å². The van der Waals surface area contributed by atoms with Gasteiger partial charge < -0.3 is 10.0 Å². The molecule has 30 heavy (non-hydrogen) atoms. The van der Waals surface area contributed by atoms with Crippen LogP contribution in [-0.2, 0) is 19.9 Å². The zero-order valence-electron chi connectivity index (χ0n) is 16.0. The van der Waals surface area contributed by atoms with Gasteiger partial charge in [0.05, 0.1) is 16.9 Å². The van der Waals surface area contributed by atoms with Gasteiger partial charge in [-0.2, -0.15) is 0 Å². The number of primary sulfonamides is 1. The molecule has 1 aliphatic rings. The summed E-state index contributed by atoms with van der Waals surface area (Å²) >= 11 is 0.555. The molecule has 13 heteroatoms. The van der Waals surface area contributed by atoms with E-state index >= 15 is 0 Å². The number of nitrogens with two attached hydrogens (primary N) is 1. The van der Waals surface area contributed by atoms with Crippen molar-refractivity contribution >= 4 is 43.1 Å². The first-order valence-electron chi connectivity index (χ1n) is 8.79. The summed E-state index contributed by atoms with van der Waals surface area (Å²) in [5.41, 5.74) is -0.400. The first-order chi connectivity index (χ1) is 13.9. The van der Waals surface area contributed by atoms with Crippen LogP contribution in [0.15, 0.2) is 32.8 Å². The third kappa shape index (κ3) is 3.73. The smallest absolute Gasteiger partial charge is 0.355 e. The molecule has 0 bridgehead atoms. The van der Waals surface area contributed by atoms with E-state index in [4.69, 9.17) is 5.14 Å². The van der Waals surface area contributed by atoms with Gasteiger partial charge in [0, 0.05) is 18.3 Å². The van der Waals surface area contributed by atoms with Crippen LogP contribution >= 0.6 is 11.3 Å². The number of fused-ring (bicyclic) bond motifs is 1. The van der Waals surface area contributed by atoms with Gasteiger partial charge in [-0.3, -0.25) is 4.79 Å². The second-order valence-electron chi connectivity index (χ2n) is 6.76. The van der Waals surface area contributed by atoms with Crippen molar-refractivity contribution < 1.29 is 31.5 Å². The van der Waals surface area contributed by atoms with Crippen molar-refractivity contribution in [1.29, 1.82) is 0 Å². The van der Waals surface area contributed by atoms with Gasteiger partial charge in [0.15, 0.2) is 15.5 Å². The molecule has 2 atom stereocenters. The molecule has 10 nitrogen and oxygen atoms in total. The Morgan fingerprint density at radius 1 is 1.40 bits per heavy atom. The number of carboxylic acids is 1. The minimum absolute atomic E-state index is 0.0262. The van der Waals surface area contributed by atoms with E-state index in [1.54, 1.807) is 6.92 Å². The summed E-state index contributed by atoms with van der Waals surface area (Å²) in [6, 6.07) is 3.16. The second-order valence-corrected chi connectivity index (χ2v) is 12.2. The maximum atomic E-state index is 13.2. The summed E-state index contributed by atoms with van der Waals surface area (Å²) in [6.07, 6.45) is 1.28. The Labute approximate surface area is 177 Å². The number of sulfonamides is 1. The predicted octanol–water partition coefficient (Wildman–Crippen LogP) is 1.26. The normalized spacial score (nSPS) is 20.4. The summed E-state index contributed by atoms with van der Waals surface area (Å²) in [5.74, 6) is -2.02. The lowest BCUT2D eigenvalue weighted by Gasteiger charge is -2.36. The molecule has 3 rings (SSSR count). The Balaban J connectivity index is 2.16. The molecule has 2 unspecified atom stereocenters. The van der Waals surface area contributed by atoms with Crippen LogP contribution < -0.4 is 5.14 Å². The summed E-state index contributed by atoms with van der Waals surface area (Å²) in [6.45, 7) is 3.27. The number of aromatic carboxylic acids is 1. The van der Waals surface area contributed by atoms with E-state index in [-0.39, 0.29) is 32.5 Å². The quantitative estimate of drug-likeness (QED) is 0.655. The van der Waals surface area contributed by atoms with Crippen LogP contribution in [0.25, 0.3) is 0 Å². The molecule has 0 radical (unpaired) electrons. The van der Waals surface area contributed by atoms with Crippen molar-refractivity contribution in [2.75, 3.05) is 6.54 Å². The molecule has 0 spiro atoms. The first kappa shape index (κ1) is 22.3. The number of nitrogens with zero attached hydrogens (tertiary/aromatic N) is 2. The lowest BCUT2D eigenvalue weighted by atomic mass is 10.0. The molecule has 1 amide bonds. The Morgan fingerprint density at radius 2 is 2.07 bits per heavy atom. The fraction of sp³-hybridized carbons (Fsp3) is 0.353. The van der Waals surface area contributed by atoms with Crippen LogP contribution in [0.4, 0.5) is 0 Å². The predicted molar refractivity (Wildman–Crippen MR) is 108 cm³/mol. The number of carbonyl (C=O) groups is 2. The third-order valence-corrected chi connectivity index (χ3v) is 10.2. The Hall–Kier alpha value is -2.35. The van der Waals surface area contributed by atoms with Gasteiger partial charge >= 0.3 is 5.97 Å². The second kappa shape index (κ2) is 7.72. The Kier molecular flexibility index (Phi) is 5.75. The van der Waals surface area contributed by atoms with Crippen LogP contribution in [0, 0.1) is 0 Å². The van der Waals surface area contributed by atoms with Gasteiger partial charge in [-0.25, -0.2) is 31.8 Å². The number of aromatic nitrogens is 1. The van der Waals surface area contributed by atoms with Crippen molar-refractivity contribution in [2.24, 2.45) is 5.14 Å². The highest BCUT2D eigenvalue weighted by molar-refractivity contribution is 7.95. The fourth-order valence-corrected chi connectivity index (χ4v) is 7.81. The molecule has 3 N–H and O–H groups in total. The number of pyridine rings is 1. The molecule has 2 aromatic rings. The first-order valence-corrected chi connectivity index (χ1v) is 12.7. The number of sulfone groups is 1. The van der Waals surface area contributed by atoms with Crippen molar-refractivity contribution in [3.63, 3.8) is 0 Å². The number of hydrogen-bond acceptors (Lipinski definition) is 8. The highest BCUT2D eigenvalue weighted by atomic mass is 32.3. The Morgan fingerprint density at radius 3 is 2.63 bits per heavy atom. The number of carbonyl (C=O) groups excluding carboxylic acids is 1. The highest BCUT2D eigenvalue weighted by Gasteiger charge is 2.43. The molecule has 3 heterocycles. The standard InChI is InChI=1S/C17H19N3O7S3/c1-3-20(15(21)10-5-4-6-19-14(10)16(22)23)12-7-9(2)29(24,25)17-11(12)8-13(28-17)30(18,26)27/h4-6,8-9,12H,3,7H2,1-2H3,(H,22,23)(H2,18,26,27). The van der Waals surface area contributed by atoms with Gasteiger partial charge in [0.25, 0.3) is 5.91 Å². The summed E-state index contributed by atoms with van der Waals surface area (Å²) < 4.78 is 48.7. The van der Waals surface area contributed by atoms with Crippen LogP contribution in [0.5, 0.6) is 0 Å². The third-order valence-electron chi connectivity index (χ3n) is 4.90. The minimum Gasteiger partial charge on any atom is -0.476 e. The topological polar surface area (TPSA) is 165 Å². The average Bonchev–Trinajstić information content (AvgIpc) is 3.13. The van der Waals surface area contributed by atoms with Gasteiger partial charge in [-0.05, 0) is 38.5 Å². The van der Waals surface area contributed by atoms with Crippen LogP contribution in [0.2, 0.25) is 0 Å². The van der Waals surface area contributed by atoms with Crippen molar-refractivity contribution in [2.45, 2.75) is 40.0 Å². The zero-order chi connectivity index (χ0) is 22.4. The summed E-state index contributed by atoms with van der Waals surface area (Å²) in [5, 5.41) is 13.7. The Bertz CT molecular complexity index is 1240. The van der Waals surface area contributed by atoms with E-state index in [1.807, 2.05) is 0 Å². The van der Waals surface area contributed by atoms with E-state index in [0.717, 1.165) is 0 Å². The van der Waals surface area contributed by atoms with Crippen LogP contribution in [-0.4, -0.2) is 55.5 Å². The molecule has 0 aliphatic carbocycles. The van der Waals surface area contributed by atoms with E-state index in [2.05, 4.69) is 4.98 Å². The number of amides is 1. The zero-order valence-corrected chi connectivity index (χ0v) is 18.4. The largest absolute Gasteiger partial charge is 0.476 e. The molecule has 0 saturated heterocycles. The van der Waals surface area contributed by atoms with Crippen LogP contribution in [0.1, 0.15) is 52.7 Å². The van der Waals surface area contributed by atoms with E-state index in [1.165, 1.54) is 36.2 Å². The fourth-order valence-electron chi connectivity index (χ4n) is 3.41. The lowest BCUT2D eigenvalue weighted by Crippen LogP contribution is -2.40. The highest BCUT2D eigenvalue weighted by Crippen LogP contribution is 2.45. The van der Waals surface area contributed by atoms with Gasteiger partial charge in [-0.1, -0.05) is 0 Å². The van der Waals surface area contributed by atoms with E-state index in [0.29, 0.717) is 11.3 Å². The van der Waals surface area contributed by atoms with Crippen molar-refractivity contribution in [1.82, 2.24) is 9.88 Å². The SMILES string of the molecule is CCN(C(=O)c1cccnc1C(=O)O)C1CC(C)S(=O)(=O)c2sc(S(N)(=O)=O)cc21. The molecule has 0 fully saturated rings. The summed E-state index contributed by atoms with van der Waals surface area (Å²) in [7, 11) is -7.94. The lowest BCUT2D eigenvalue weighted by molar-refractivity contribution is 0.0636. The number of rotatable bonds is 5. The molecular formula is C17H19N3O7S3. The maximum absolute atomic E-state index is 13.2. The summed E-state index contributed by atoms with van der Waals surface area (Å²) in [4.78, 5) is 29.8. The average molecular weight is 474 g/mol. The molecular weight excluding hydrogens is 454 g/mol. The van der Waals surface area contributed by atoms with Gasteiger partial charge in [0.1, 0.15) is 8.42 Å². The molecule has 2 aromatic heterocycles. The number of thiophene rings is 1. The van der Waals surface area contributed by atoms with Crippen LogP contribution in [0.3, 0.4) is 0 Å². The number of carboxylic acid groups (broad SMARTS) is 1. The van der Waals surface area contributed by atoms with Crippen molar-refractivity contribution in [3.05, 3.63) is 41.2 Å². The number of hydrogen-bond donors (Lipinski definition) is 2. The van der Waals surface area contributed by atoms with Crippen molar-refractivity contribution in [3.8, 4) is 0 Å². The molecule has 0 aromatic carbocycles. The molecule has 162 valence electrons. The minimum atomic E-state index is -4.15. The van der Waals surface area contributed by atoms with E-state index in [9.17, 15) is 31.5 Å². The monoisotopic (exact) mass is 473 g/mol. The molecule has 0 saturated carbocycles. The van der Waals surface area contributed by atoms with E-state index < -0.39 is 48.7 Å². The van der Waals surface area contributed by atoms with Gasteiger partial charge in [0.2, 0.25) is 10.0 Å². The maximum Gasteiger partial charge on any atom is 0.355 e. The molecule has 1 aliphatic heterocycles.